The van der Waals surface area contributed by atoms with Crippen LogP contribution < -0.4 is 5.32 Å². The molecule has 5 nitrogen and oxygen atoms in total. The number of nitrogens with zero attached hydrogens (tertiary/aromatic N) is 1. The Hall–Kier alpha value is -3.21. The molecule has 1 heterocycles. The van der Waals surface area contributed by atoms with Gasteiger partial charge in [0, 0.05) is 18.1 Å². The lowest BCUT2D eigenvalue weighted by atomic mass is 9.99. The lowest BCUT2D eigenvalue weighted by Gasteiger charge is -2.09. The smallest absolute Gasteiger partial charge is 0.310 e. The van der Waals surface area contributed by atoms with Crippen LogP contribution in [0.5, 0.6) is 0 Å². The molecule has 1 aromatic heterocycles. The van der Waals surface area contributed by atoms with Gasteiger partial charge in [0.2, 0.25) is 0 Å². The molecular weight excluding hydrogens is 328 g/mol. The normalized spacial score (nSPS) is 11.9. The minimum Gasteiger partial charge on any atom is -0.481 e. The van der Waals surface area contributed by atoms with E-state index < -0.39 is 11.9 Å². The highest BCUT2D eigenvalue weighted by Crippen LogP contribution is 2.17. The molecule has 1 atom stereocenters. The number of para-hydroxylation sites is 1. The highest BCUT2D eigenvalue weighted by molar-refractivity contribution is 6.05. The fourth-order valence-electron chi connectivity index (χ4n) is 2.82. The summed E-state index contributed by atoms with van der Waals surface area (Å²) in [6.07, 6.45) is 2.35. The second-order valence-electron chi connectivity index (χ2n) is 6.19. The number of fused-ring (bicyclic) bond motifs is 1. The first-order valence-corrected chi connectivity index (χ1v) is 8.50. The number of carboxylic acid groups (broad SMARTS) is 1. The Balaban J connectivity index is 1.61. The number of amides is 1. The minimum absolute atomic E-state index is 0.148. The van der Waals surface area contributed by atoms with Crippen molar-refractivity contribution in [1.82, 2.24) is 10.3 Å². The Bertz CT molecular complexity index is 930. The van der Waals surface area contributed by atoms with Crippen molar-refractivity contribution in [3.05, 3.63) is 77.5 Å². The van der Waals surface area contributed by atoms with Crippen molar-refractivity contribution in [3.8, 4) is 0 Å². The van der Waals surface area contributed by atoms with Crippen LogP contribution in [0.15, 0.2) is 60.8 Å². The highest BCUT2D eigenvalue weighted by atomic mass is 16.4. The number of nitrogens with one attached hydrogen (secondary N) is 1. The summed E-state index contributed by atoms with van der Waals surface area (Å²) in [6, 6.07) is 16.8. The predicted octanol–water partition coefficient (Wildman–Crippen LogP) is 3.40. The molecule has 0 bridgehead atoms. The van der Waals surface area contributed by atoms with Crippen LogP contribution in [0, 0.1) is 0 Å². The summed E-state index contributed by atoms with van der Waals surface area (Å²) in [6.45, 7) is 2.16. The van der Waals surface area contributed by atoms with E-state index in [9.17, 15) is 9.59 Å². The molecule has 3 rings (SSSR count). The summed E-state index contributed by atoms with van der Waals surface area (Å²) in [5.74, 6) is -1.51. The van der Waals surface area contributed by atoms with Gasteiger partial charge in [-0.05, 0) is 36.6 Å². The lowest BCUT2D eigenvalue weighted by Crippen LogP contribution is -2.26. The molecule has 0 aliphatic heterocycles. The molecule has 0 saturated carbocycles. The number of benzene rings is 2. The van der Waals surface area contributed by atoms with Gasteiger partial charge in [-0.3, -0.25) is 14.6 Å². The molecule has 2 N–H and O–H groups in total. The van der Waals surface area contributed by atoms with E-state index in [1.165, 1.54) is 0 Å². The maximum absolute atomic E-state index is 12.5. The predicted molar refractivity (Wildman–Crippen MR) is 100 cm³/mol. The Morgan fingerprint density at radius 3 is 2.54 bits per heavy atom. The second-order valence-corrected chi connectivity index (χ2v) is 6.19. The van der Waals surface area contributed by atoms with Gasteiger partial charge in [0.25, 0.3) is 5.91 Å². The van der Waals surface area contributed by atoms with Gasteiger partial charge in [-0.1, -0.05) is 42.5 Å². The van der Waals surface area contributed by atoms with Gasteiger partial charge >= 0.3 is 5.97 Å². The monoisotopic (exact) mass is 348 g/mol. The third-order valence-corrected chi connectivity index (χ3v) is 4.43. The highest BCUT2D eigenvalue weighted by Gasteiger charge is 2.13. The van der Waals surface area contributed by atoms with E-state index in [0.29, 0.717) is 24.0 Å². The fraction of sp³-hybridized carbons (Fsp3) is 0.190. The average Bonchev–Trinajstić information content (AvgIpc) is 2.67. The minimum atomic E-state index is -0.839. The van der Waals surface area contributed by atoms with E-state index in [1.54, 1.807) is 19.2 Å². The van der Waals surface area contributed by atoms with Crippen LogP contribution >= 0.6 is 0 Å². The quantitative estimate of drug-likeness (QED) is 0.716. The summed E-state index contributed by atoms with van der Waals surface area (Å²) in [5, 5.41) is 12.9. The zero-order valence-corrected chi connectivity index (χ0v) is 14.5. The van der Waals surface area contributed by atoms with E-state index in [-0.39, 0.29) is 5.91 Å². The standard InChI is InChI=1S/C21H20N2O3/c1-14(21(25)26)16-9-7-15(8-10-16)11-13-23-20(24)18-6-2-4-17-5-3-12-22-19(17)18/h2-10,12,14H,11,13H2,1H3,(H,23,24)(H,25,26). The van der Waals surface area contributed by atoms with Gasteiger partial charge in [0.05, 0.1) is 17.0 Å². The largest absolute Gasteiger partial charge is 0.481 e. The van der Waals surface area contributed by atoms with Crippen LogP contribution in [0.25, 0.3) is 10.9 Å². The van der Waals surface area contributed by atoms with E-state index in [1.807, 2.05) is 48.5 Å². The maximum Gasteiger partial charge on any atom is 0.310 e. The Kier molecular flexibility index (Phi) is 5.27. The number of hydrogen-bond acceptors (Lipinski definition) is 3. The summed E-state index contributed by atoms with van der Waals surface area (Å²) < 4.78 is 0. The molecule has 2 aromatic carbocycles. The number of aliphatic carboxylic acids is 1. The van der Waals surface area contributed by atoms with Crippen molar-refractivity contribution in [3.63, 3.8) is 0 Å². The summed E-state index contributed by atoms with van der Waals surface area (Å²) in [7, 11) is 0. The number of aromatic nitrogens is 1. The lowest BCUT2D eigenvalue weighted by molar-refractivity contribution is -0.138. The number of carbonyl (C=O) groups excluding carboxylic acids is 1. The Morgan fingerprint density at radius 2 is 1.81 bits per heavy atom. The first-order chi connectivity index (χ1) is 12.6. The van der Waals surface area contributed by atoms with Crippen molar-refractivity contribution in [2.75, 3.05) is 6.54 Å². The third kappa shape index (κ3) is 3.88. The SMILES string of the molecule is CC(C(=O)O)c1ccc(CCNC(=O)c2cccc3cccnc23)cc1. The maximum atomic E-state index is 12.5. The first kappa shape index (κ1) is 17.6. The van der Waals surface area contributed by atoms with Gasteiger partial charge < -0.3 is 10.4 Å². The molecule has 0 saturated heterocycles. The molecule has 0 aliphatic carbocycles. The number of carboxylic acids is 1. The zero-order chi connectivity index (χ0) is 18.5. The fourth-order valence-corrected chi connectivity index (χ4v) is 2.82. The van der Waals surface area contributed by atoms with Gasteiger partial charge in [-0.15, -0.1) is 0 Å². The number of hydrogen-bond donors (Lipinski definition) is 2. The molecule has 0 spiro atoms. The van der Waals surface area contributed by atoms with E-state index >= 15 is 0 Å². The molecule has 0 fully saturated rings. The van der Waals surface area contributed by atoms with Gasteiger partial charge in [-0.25, -0.2) is 0 Å². The zero-order valence-electron chi connectivity index (χ0n) is 14.5. The average molecular weight is 348 g/mol. The molecule has 0 radical (unpaired) electrons. The number of carbonyl (C=O) groups is 2. The van der Waals surface area contributed by atoms with Crippen LogP contribution in [0.4, 0.5) is 0 Å². The van der Waals surface area contributed by atoms with Crippen LogP contribution in [0.1, 0.15) is 34.3 Å². The molecule has 1 amide bonds. The molecular formula is C21H20N2O3. The van der Waals surface area contributed by atoms with Crippen molar-refractivity contribution in [2.45, 2.75) is 19.3 Å². The summed E-state index contributed by atoms with van der Waals surface area (Å²) in [4.78, 5) is 27.8. The van der Waals surface area contributed by atoms with Crippen LogP contribution in [0.3, 0.4) is 0 Å². The van der Waals surface area contributed by atoms with Crippen LogP contribution in [0.2, 0.25) is 0 Å². The first-order valence-electron chi connectivity index (χ1n) is 8.50. The van der Waals surface area contributed by atoms with Crippen molar-refractivity contribution >= 4 is 22.8 Å². The molecule has 1 unspecified atom stereocenters. The van der Waals surface area contributed by atoms with Crippen molar-refractivity contribution in [2.24, 2.45) is 0 Å². The topological polar surface area (TPSA) is 79.3 Å². The van der Waals surface area contributed by atoms with Crippen LogP contribution in [-0.4, -0.2) is 28.5 Å². The van der Waals surface area contributed by atoms with Gasteiger partial charge in [0.15, 0.2) is 0 Å². The molecule has 26 heavy (non-hydrogen) atoms. The number of rotatable bonds is 6. The van der Waals surface area contributed by atoms with Crippen LogP contribution in [-0.2, 0) is 11.2 Å². The molecule has 3 aromatic rings. The molecule has 0 aliphatic rings. The van der Waals surface area contributed by atoms with Gasteiger partial charge in [-0.2, -0.15) is 0 Å². The Morgan fingerprint density at radius 1 is 1.08 bits per heavy atom. The summed E-state index contributed by atoms with van der Waals surface area (Å²) in [5.41, 5.74) is 3.07. The van der Waals surface area contributed by atoms with Gasteiger partial charge in [0.1, 0.15) is 0 Å². The molecule has 132 valence electrons. The van der Waals surface area contributed by atoms with E-state index in [2.05, 4.69) is 10.3 Å². The van der Waals surface area contributed by atoms with Crippen molar-refractivity contribution < 1.29 is 14.7 Å². The van der Waals surface area contributed by atoms with E-state index in [4.69, 9.17) is 5.11 Å². The summed E-state index contributed by atoms with van der Waals surface area (Å²) >= 11 is 0. The van der Waals surface area contributed by atoms with E-state index in [0.717, 1.165) is 16.5 Å². The third-order valence-electron chi connectivity index (χ3n) is 4.43. The number of pyridine rings is 1. The molecule has 5 heteroatoms. The van der Waals surface area contributed by atoms with Crippen molar-refractivity contribution in [1.29, 1.82) is 0 Å². The Labute approximate surface area is 151 Å². The second kappa shape index (κ2) is 7.78.